The Morgan fingerprint density at radius 2 is 1.87 bits per heavy atom. The summed E-state index contributed by atoms with van der Waals surface area (Å²) >= 11 is 0. The lowest BCUT2D eigenvalue weighted by Gasteiger charge is -2.39. The van der Waals surface area contributed by atoms with Gasteiger partial charge < -0.3 is 15.2 Å². The zero-order valence-electron chi connectivity index (χ0n) is 18.1. The van der Waals surface area contributed by atoms with Crippen molar-refractivity contribution in [3.05, 3.63) is 88.3 Å². The first-order valence-electron chi connectivity index (χ1n) is 10.5. The van der Waals surface area contributed by atoms with Crippen molar-refractivity contribution in [1.29, 1.82) is 0 Å². The molecule has 1 heterocycles. The first-order valence-corrected chi connectivity index (χ1v) is 10.5. The number of nitrogens with one attached hydrogen (secondary N) is 1. The lowest BCUT2D eigenvalue weighted by Crippen LogP contribution is -2.38. The molecule has 5 nitrogen and oxygen atoms in total. The molecule has 1 aliphatic heterocycles. The van der Waals surface area contributed by atoms with Crippen LogP contribution in [0.5, 0.6) is 5.75 Å². The average molecular weight is 418 g/mol. The molecule has 2 aliphatic rings. The Labute approximate surface area is 182 Å². The van der Waals surface area contributed by atoms with Gasteiger partial charge in [-0.05, 0) is 42.0 Å². The number of carbonyl (C=O) groups excluding carboxylic acids is 2. The maximum atomic E-state index is 13.2. The number of hydrogen-bond donors (Lipinski definition) is 2. The molecule has 2 aromatic rings. The van der Waals surface area contributed by atoms with Gasteiger partial charge in [0.15, 0.2) is 5.78 Å². The van der Waals surface area contributed by atoms with Gasteiger partial charge >= 0.3 is 5.97 Å². The van der Waals surface area contributed by atoms with Crippen molar-refractivity contribution in [3.8, 4) is 5.75 Å². The number of Topliss-reactive ketones (excluding diaryl/α,β-unsaturated/α-hetero) is 1. The minimum atomic E-state index is -0.574. The summed E-state index contributed by atoms with van der Waals surface area (Å²) in [6.45, 7) is 6.13. The number of phenols is 1. The van der Waals surface area contributed by atoms with E-state index >= 15 is 0 Å². The highest BCUT2D eigenvalue weighted by atomic mass is 16.5. The zero-order chi connectivity index (χ0) is 22.2. The van der Waals surface area contributed by atoms with E-state index in [4.69, 9.17) is 4.74 Å². The van der Waals surface area contributed by atoms with Crippen molar-refractivity contribution in [2.75, 3.05) is 0 Å². The van der Waals surface area contributed by atoms with Crippen LogP contribution in [0.2, 0.25) is 0 Å². The van der Waals surface area contributed by atoms with E-state index in [9.17, 15) is 14.7 Å². The maximum Gasteiger partial charge on any atom is 0.337 e. The number of carbonyl (C=O) groups is 2. The Bertz CT molecular complexity index is 1100. The fourth-order valence-corrected chi connectivity index (χ4v) is 4.55. The second kappa shape index (κ2) is 8.06. The third kappa shape index (κ3) is 4.26. The second-order valence-corrected chi connectivity index (χ2v) is 9.09. The molecule has 1 aliphatic carbocycles. The number of allylic oxidation sites excluding steroid dienone is 3. The van der Waals surface area contributed by atoms with E-state index in [1.165, 1.54) is 0 Å². The lowest BCUT2D eigenvalue weighted by molar-refractivity contribution is -0.140. The van der Waals surface area contributed by atoms with Crippen LogP contribution in [0.4, 0.5) is 0 Å². The molecule has 1 atom stereocenters. The number of ketones is 1. The van der Waals surface area contributed by atoms with Crippen molar-refractivity contribution >= 4 is 11.8 Å². The maximum absolute atomic E-state index is 13.2. The van der Waals surface area contributed by atoms with Crippen LogP contribution < -0.4 is 5.32 Å². The van der Waals surface area contributed by atoms with E-state index in [1.807, 2.05) is 43.3 Å². The van der Waals surface area contributed by atoms with Gasteiger partial charge in [0.25, 0.3) is 0 Å². The van der Waals surface area contributed by atoms with Crippen LogP contribution in [0.15, 0.2) is 77.1 Å². The number of ether oxygens (including phenoxy) is 1. The van der Waals surface area contributed by atoms with Crippen LogP contribution in [0.1, 0.15) is 50.7 Å². The Morgan fingerprint density at radius 1 is 1.13 bits per heavy atom. The largest absolute Gasteiger partial charge is 0.508 e. The third-order valence-electron chi connectivity index (χ3n) is 5.88. The lowest BCUT2D eigenvalue weighted by atomic mass is 9.68. The van der Waals surface area contributed by atoms with Gasteiger partial charge in [-0.15, -0.1) is 0 Å². The predicted molar refractivity (Wildman–Crippen MR) is 118 cm³/mol. The number of hydrogen-bond acceptors (Lipinski definition) is 5. The highest BCUT2D eigenvalue weighted by molar-refractivity contribution is 6.04. The summed E-state index contributed by atoms with van der Waals surface area (Å²) in [6.07, 6.45) is 1.13. The molecule has 0 bridgehead atoms. The van der Waals surface area contributed by atoms with Crippen molar-refractivity contribution in [2.24, 2.45) is 5.41 Å². The summed E-state index contributed by atoms with van der Waals surface area (Å²) in [4.78, 5) is 26.5. The van der Waals surface area contributed by atoms with Crippen molar-refractivity contribution < 1.29 is 19.4 Å². The summed E-state index contributed by atoms with van der Waals surface area (Å²) in [7, 11) is 0. The molecule has 4 rings (SSSR count). The van der Waals surface area contributed by atoms with Gasteiger partial charge in [0, 0.05) is 29.3 Å². The van der Waals surface area contributed by atoms with Gasteiger partial charge in [-0.1, -0.05) is 56.3 Å². The fraction of sp³-hybridized carbons (Fsp3) is 0.308. The van der Waals surface area contributed by atoms with Crippen LogP contribution in [-0.4, -0.2) is 16.9 Å². The van der Waals surface area contributed by atoms with Crippen LogP contribution in [0.25, 0.3) is 0 Å². The normalized spacial score (nSPS) is 20.2. The van der Waals surface area contributed by atoms with Crippen LogP contribution >= 0.6 is 0 Å². The van der Waals surface area contributed by atoms with E-state index in [-0.39, 0.29) is 23.6 Å². The molecule has 0 aromatic heterocycles. The molecule has 31 heavy (non-hydrogen) atoms. The number of dihydropyridines is 1. The first-order chi connectivity index (χ1) is 14.7. The smallest absolute Gasteiger partial charge is 0.337 e. The standard InChI is InChI=1S/C26H27NO4/c1-16-22(25(30)31-15-17-8-5-4-6-9-17)23(18-10-7-11-19(28)12-18)24-20(27-16)13-26(2,3)14-21(24)29/h4-12,23,27-28H,13-15H2,1-3H3/t23-/m1/s1. The number of phenolic OH excluding ortho intramolecular Hbond substituents is 1. The highest BCUT2D eigenvalue weighted by Gasteiger charge is 2.43. The number of benzene rings is 2. The third-order valence-corrected chi connectivity index (χ3v) is 5.88. The van der Waals surface area contributed by atoms with E-state index in [1.54, 1.807) is 18.2 Å². The SMILES string of the molecule is CC1=C(C(=O)OCc2ccccc2)[C@@H](c2cccc(O)c2)C2=C(CC(C)(C)CC2=O)N1. The topological polar surface area (TPSA) is 75.6 Å². The monoisotopic (exact) mass is 417 g/mol. The zero-order valence-corrected chi connectivity index (χ0v) is 18.1. The Kier molecular flexibility index (Phi) is 5.44. The summed E-state index contributed by atoms with van der Waals surface area (Å²) < 4.78 is 5.64. The molecular weight excluding hydrogens is 390 g/mol. The molecule has 0 saturated carbocycles. The van der Waals surface area contributed by atoms with E-state index in [2.05, 4.69) is 19.2 Å². The Balaban J connectivity index is 1.74. The highest BCUT2D eigenvalue weighted by Crippen LogP contribution is 2.47. The molecule has 0 unspecified atom stereocenters. The van der Waals surface area contributed by atoms with E-state index in [0.29, 0.717) is 35.2 Å². The molecule has 0 fully saturated rings. The molecule has 0 spiro atoms. The van der Waals surface area contributed by atoms with Crippen LogP contribution in [-0.2, 0) is 20.9 Å². The molecular formula is C26H27NO4. The predicted octanol–water partition coefficient (Wildman–Crippen LogP) is 4.74. The fourth-order valence-electron chi connectivity index (χ4n) is 4.55. The van der Waals surface area contributed by atoms with Crippen molar-refractivity contribution in [1.82, 2.24) is 5.32 Å². The van der Waals surface area contributed by atoms with Crippen molar-refractivity contribution in [3.63, 3.8) is 0 Å². The Hall–Kier alpha value is -3.34. The molecule has 2 aromatic carbocycles. The molecule has 2 N–H and O–H groups in total. The van der Waals surface area contributed by atoms with E-state index < -0.39 is 11.9 Å². The van der Waals surface area contributed by atoms with Gasteiger partial charge in [-0.25, -0.2) is 4.79 Å². The van der Waals surface area contributed by atoms with Gasteiger partial charge in [0.1, 0.15) is 12.4 Å². The van der Waals surface area contributed by atoms with Gasteiger partial charge in [-0.3, -0.25) is 4.79 Å². The first kappa shape index (κ1) is 20.9. The van der Waals surface area contributed by atoms with Crippen LogP contribution in [0.3, 0.4) is 0 Å². The molecule has 160 valence electrons. The molecule has 5 heteroatoms. The summed E-state index contributed by atoms with van der Waals surface area (Å²) in [6, 6.07) is 16.3. The number of rotatable bonds is 4. The van der Waals surface area contributed by atoms with Crippen LogP contribution in [0, 0.1) is 5.41 Å². The number of aromatic hydroxyl groups is 1. The number of esters is 1. The molecule has 0 amide bonds. The minimum Gasteiger partial charge on any atom is -0.508 e. The quantitative estimate of drug-likeness (QED) is 0.703. The average Bonchev–Trinajstić information content (AvgIpc) is 2.71. The van der Waals surface area contributed by atoms with Gasteiger partial charge in [0.2, 0.25) is 0 Å². The van der Waals surface area contributed by atoms with Gasteiger partial charge in [0.05, 0.1) is 5.57 Å². The molecule has 0 saturated heterocycles. The molecule has 0 radical (unpaired) electrons. The van der Waals surface area contributed by atoms with Crippen molar-refractivity contribution in [2.45, 2.75) is 46.1 Å². The summed E-state index contributed by atoms with van der Waals surface area (Å²) in [5.74, 6) is -0.925. The van der Waals surface area contributed by atoms with E-state index in [0.717, 1.165) is 11.3 Å². The second-order valence-electron chi connectivity index (χ2n) is 9.09. The summed E-state index contributed by atoms with van der Waals surface area (Å²) in [5, 5.41) is 13.4. The minimum absolute atomic E-state index is 0.0213. The van der Waals surface area contributed by atoms with Gasteiger partial charge in [-0.2, -0.15) is 0 Å². The Morgan fingerprint density at radius 3 is 2.58 bits per heavy atom. The summed E-state index contributed by atoms with van der Waals surface area (Å²) in [5.41, 5.74) is 3.98.